The standard InChI is InChI=1S/C20H28N6O10S/c1-20(2,3)36-19(30)24-23-16(27)12-7-6-11(9-15(12)26(31)32)22-17(28)14-5-4-8-25(14)18(29)13(21)10-37(33,34)35/h6-7,9,13-14H,4-5,8,10,21H2,1-3H3,(H,22,28)(H,23,27)(H,24,30)(H,33,34,35). The van der Waals surface area contributed by atoms with Gasteiger partial charge in [-0.05, 0) is 45.7 Å². The van der Waals surface area contributed by atoms with Gasteiger partial charge in [0.25, 0.3) is 21.7 Å². The fourth-order valence-corrected chi connectivity index (χ4v) is 4.07. The van der Waals surface area contributed by atoms with E-state index in [2.05, 4.69) is 5.32 Å². The van der Waals surface area contributed by atoms with Crippen molar-refractivity contribution in [3.05, 3.63) is 33.9 Å². The van der Waals surface area contributed by atoms with Crippen LogP contribution in [0.3, 0.4) is 0 Å². The molecule has 6 N–H and O–H groups in total. The van der Waals surface area contributed by atoms with Crippen molar-refractivity contribution >= 4 is 45.3 Å². The Morgan fingerprint density at radius 1 is 1.27 bits per heavy atom. The third-order valence-electron chi connectivity index (χ3n) is 4.93. The smallest absolute Gasteiger partial charge is 0.426 e. The van der Waals surface area contributed by atoms with Crippen LogP contribution in [0.25, 0.3) is 0 Å². The number of amides is 4. The summed E-state index contributed by atoms with van der Waals surface area (Å²) in [6, 6.07) is 0.556. The van der Waals surface area contributed by atoms with Crippen LogP contribution < -0.4 is 21.9 Å². The summed E-state index contributed by atoms with van der Waals surface area (Å²) in [5, 5.41) is 14.0. The maximum Gasteiger partial charge on any atom is 0.426 e. The van der Waals surface area contributed by atoms with E-state index in [4.69, 9.17) is 15.0 Å². The Bertz CT molecular complexity index is 1200. The van der Waals surface area contributed by atoms with Crippen molar-refractivity contribution in [2.75, 3.05) is 17.6 Å². The van der Waals surface area contributed by atoms with Gasteiger partial charge < -0.3 is 20.7 Å². The lowest BCUT2D eigenvalue weighted by Gasteiger charge is -2.26. The molecule has 0 aromatic heterocycles. The molecule has 0 aliphatic carbocycles. The van der Waals surface area contributed by atoms with E-state index >= 15 is 0 Å². The summed E-state index contributed by atoms with van der Waals surface area (Å²) in [4.78, 5) is 61.1. The average Bonchev–Trinajstić information content (AvgIpc) is 3.24. The van der Waals surface area contributed by atoms with Gasteiger partial charge in [-0.2, -0.15) is 8.42 Å². The third-order valence-corrected chi connectivity index (χ3v) is 5.71. The number of carbonyl (C=O) groups is 4. The molecular formula is C20H28N6O10S. The number of hydrogen-bond acceptors (Lipinski definition) is 10. The molecule has 204 valence electrons. The van der Waals surface area contributed by atoms with Crippen LogP contribution in [-0.2, 0) is 24.4 Å². The summed E-state index contributed by atoms with van der Waals surface area (Å²) in [5.41, 5.74) is 7.51. The monoisotopic (exact) mass is 544 g/mol. The number of benzene rings is 1. The van der Waals surface area contributed by atoms with Crippen LogP contribution in [0.2, 0.25) is 0 Å². The first kappa shape index (κ1) is 29.4. The molecule has 1 fully saturated rings. The van der Waals surface area contributed by atoms with Crippen molar-refractivity contribution in [3.63, 3.8) is 0 Å². The fraction of sp³-hybridized carbons (Fsp3) is 0.500. The minimum absolute atomic E-state index is 0.0603. The van der Waals surface area contributed by atoms with Gasteiger partial charge in [-0.3, -0.25) is 34.5 Å². The number of nitrogens with two attached hydrogens (primary N) is 1. The largest absolute Gasteiger partial charge is 0.443 e. The normalized spacial score (nSPS) is 16.5. The van der Waals surface area contributed by atoms with E-state index < -0.39 is 73.5 Å². The molecule has 1 saturated heterocycles. The van der Waals surface area contributed by atoms with Crippen LogP contribution in [0.15, 0.2) is 18.2 Å². The van der Waals surface area contributed by atoms with Gasteiger partial charge in [0.15, 0.2) is 0 Å². The molecule has 2 atom stereocenters. The number of nitrogens with zero attached hydrogens (tertiary/aromatic N) is 2. The molecular weight excluding hydrogens is 516 g/mol. The van der Waals surface area contributed by atoms with Crippen molar-refractivity contribution < 1.29 is 41.8 Å². The molecule has 16 nitrogen and oxygen atoms in total. The van der Waals surface area contributed by atoms with Crippen LogP contribution >= 0.6 is 0 Å². The molecule has 1 aromatic carbocycles. The van der Waals surface area contributed by atoms with Crippen molar-refractivity contribution in [1.82, 2.24) is 15.8 Å². The molecule has 0 bridgehead atoms. The molecule has 0 spiro atoms. The molecule has 1 aromatic rings. The van der Waals surface area contributed by atoms with Crippen LogP contribution in [0, 0.1) is 10.1 Å². The first-order chi connectivity index (χ1) is 17.0. The van der Waals surface area contributed by atoms with E-state index in [0.29, 0.717) is 6.42 Å². The lowest BCUT2D eigenvalue weighted by Crippen LogP contribution is -2.51. The highest BCUT2D eigenvalue weighted by atomic mass is 32.2. The lowest BCUT2D eigenvalue weighted by molar-refractivity contribution is -0.385. The number of ether oxygens (including phenoxy) is 1. The molecule has 37 heavy (non-hydrogen) atoms. The number of likely N-dealkylation sites (tertiary alicyclic amines) is 1. The molecule has 1 heterocycles. The molecule has 1 aliphatic heterocycles. The van der Waals surface area contributed by atoms with E-state index in [1.807, 2.05) is 10.9 Å². The van der Waals surface area contributed by atoms with E-state index in [1.165, 1.54) is 6.07 Å². The highest BCUT2D eigenvalue weighted by Gasteiger charge is 2.37. The second kappa shape index (κ2) is 11.5. The average molecular weight is 545 g/mol. The fourth-order valence-electron chi connectivity index (χ4n) is 3.47. The summed E-state index contributed by atoms with van der Waals surface area (Å²) in [7, 11) is -4.53. The summed E-state index contributed by atoms with van der Waals surface area (Å²) in [6.07, 6.45) is -0.360. The van der Waals surface area contributed by atoms with Gasteiger partial charge in [-0.25, -0.2) is 10.2 Å². The Morgan fingerprint density at radius 2 is 1.92 bits per heavy atom. The predicted molar refractivity (Wildman–Crippen MR) is 128 cm³/mol. The lowest BCUT2D eigenvalue weighted by atomic mass is 10.1. The van der Waals surface area contributed by atoms with Crippen molar-refractivity contribution in [3.8, 4) is 0 Å². The van der Waals surface area contributed by atoms with Crippen LogP contribution in [0.4, 0.5) is 16.2 Å². The summed E-state index contributed by atoms with van der Waals surface area (Å²) >= 11 is 0. The first-order valence-corrected chi connectivity index (χ1v) is 12.5. The molecule has 0 saturated carbocycles. The molecule has 4 amide bonds. The number of rotatable bonds is 7. The van der Waals surface area contributed by atoms with Gasteiger partial charge in [-0.15, -0.1) is 0 Å². The van der Waals surface area contributed by atoms with E-state index in [-0.39, 0.29) is 18.7 Å². The number of nitro benzene ring substituents is 1. The molecule has 2 unspecified atom stereocenters. The number of nitrogens with one attached hydrogen (secondary N) is 3. The van der Waals surface area contributed by atoms with E-state index in [1.54, 1.807) is 20.8 Å². The Balaban J connectivity index is 2.13. The maximum atomic E-state index is 12.8. The van der Waals surface area contributed by atoms with Crippen molar-refractivity contribution in [2.24, 2.45) is 5.73 Å². The minimum atomic E-state index is -4.53. The van der Waals surface area contributed by atoms with Gasteiger partial charge in [0.2, 0.25) is 11.8 Å². The van der Waals surface area contributed by atoms with Crippen molar-refractivity contribution in [1.29, 1.82) is 0 Å². The second-order valence-corrected chi connectivity index (χ2v) is 10.6. The molecule has 2 rings (SSSR count). The molecule has 0 radical (unpaired) electrons. The van der Waals surface area contributed by atoms with E-state index in [0.717, 1.165) is 17.0 Å². The quantitative estimate of drug-likeness (QED) is 0.172. The molecule has 1 aliphatic rings. The number of carbonyl (C=O) groups excluding carboxylic acids is 4. The second-order valence-electron chi connectivity index (χ2n) is 9.10. The van der Waals surface area contributed by atoms with Crippen molar-refractivity contribution in [2.45, 2.75) is 51.3 Å². The van der Waals surface area contributed by atoms with Gasteiger partial charge >= 0.3 is 6.09 Å². The Kier molecular flexibility index (Phi) is 9.13. The zero-order valence-electron chi connectivity index (χ0n) is 20.2. The Labute approximate surface area is 211 Å². The Morgan fingerprint density at radius 3 is 2.49 bits per heavy atom. The zero-order valence-corrected chi connectivity index (χ0v) is 21.0. The van der Waals surface area contributed by atoms with Gasteiger partial charge in [0, 0.05) is 18.3 Å². The summed E-state index contributed by atoms with van der Waals surface area (Å²) in [6.45, 7) is 4.91. The minimum Gasteiger partial charge on any atom is -0.443 e. The summed E-state index contributed by atoms with van der Waals surface area (Å²) < 4.78 is 35.9. The van der Waals surface area contributed by atoms with Gasteiger partial charge in [0.1, 0.15) is 23.2 Å². The van der Waals surface area contributed by atoms with Crippen LogP contribution in [-0.4, -0.2) is 76.6 Å². The number of hydrogen-bond donors (Lipinski definition) is 5. The molecule has 17 heteroatoms. The van der Waals surface area contributed by atoms with Crippen LogP contribution in [0.1, 0.15) is 44.0 Å². The number of nitro groups is 1. The van der Waals surface area contributed by atoms with Crippen LogP contribution in [0.5, 0.6) is 0 Å². The predicted octanol–water partition coefficient (Wildman–Crippen LogP) is -0.0911. The first-order valence-electron chi connectivity index (χ1n) is 10.9. The highest BCUT2D eigenvalue weighted by Crippen LogP contribution is 2.25. The summed E-state index contributed by atoms with van der Waals surface area (Å²) in [5.74, 6) is -3.61. The van der Waals surface area contributed by atoms with Gasteiger partial charge in [0.05, 0.1) is 10.7 Å². The topological polar surface area (TPSA) is 240 Å². The maximum absolute atomic E-state index is 12.8. The SMILES string of the molecule is CC(C)(C)OC(=O)NNC(=O)c1ccc(NC(=O)C2CCCN2C(=O)C(N)CS(=O)(=O)O)cc1[N+](=O)[O-]. The zero-order chi connectivity index (χ0) is 28.1. The van der Waals surface area contributed by atoms with Gasteiger partial charge in [-0.1, -0.05) is 0 Å². The Hall–Kier alpha value is -3.83. The number of hydrazine groups is 1. The highest BCUT2D eigenvalue weighted by molar-refractivity contribution is 7.85. The number of anilines is 1. The third kappa shape index (κ3) is 8.65. The van der Waals surface area contributed by atoms with E-state index in [9.17, 15) is 37.7 Å².